The molecule has 14 heavy (non-hydrogen) atoms. The predicted octanol–water partition coefficient (Wildman–Crippen LogP) is 1.82. The molecular weight excluding hydrogens is 200 g/mol. The number of aryl methyl sites for hydroxylation is 2. The zero-order chi connectivity index (χ0) is 10.6. The van der Waals surface area contributed by atoms with Crippen LogP contribution < -0.4 is 0 Å². The molecule has 0 aromatic heterocycles. The number of rotatable bonds is 4. The third-order valence-corrected chi connectivity index (χ3v) is 2.75. The van der Waals surface area contributed by atoms with Crippen LogP contribution in [-0.4, -0.2) is 18.7 Å². The Labute approximate surface area is 84.5 Å². The molecule has 3 nitrogen and oxygen atoms in total. The van der Waals surface area contributed by atoms with Gasteiger partial charge in [0.25, 0.3) is 10.1 Å². The first-order valence-corrected chi connectivity index (χ1v) is 6.09. The van der Waals surface area contributed by atoms with E-state index in [1.165, 1.54) is 0 Å². The minimum Gasteiger partial charge on any atom is -0.286 e. The molecule has 0 aliphatic heterocycles. The first-order valence-electron chi connectivity index (χ1n) is 4.48. The molecule has 0 saturated heterocycles. The van der Waals surface area contributed by atoms with Crippen molar-refractivity contribution >= 4 is 10.1 Å². The maximum absolute atomic E-state index is 10.4. The van der Waals surface area contributed by atoms with Crippen molar-refractivity contribution < 1.29 is 13.0 Å². The highest BCUT2D eigenvalue weighted by molar-refractivity contribution is 7.85. The Balaban J connectivity index is 2.47. The van der Waals surface area contributed by atoms with Gasteiger partial charge in [-0.05, 0) is 25.3 Å². The van der Waals surface area contributed by atoms with Crippen LogP contribution >= 0.6 is 0 Å². The standard InChI is InChI=1S/C10H14O3S/c1-9-4-2-5-10(8-9)6-3-7-14(11,12)13/h2,4-5,8H,3,6-7H2,1H3,(H,11,12,13). The first kappa shape index (κ1) is 11.2. The summed E-state index contributed by atoms with van der Waals surface area (Å²) in [6, 6.07) is 7.91. The van der Waals surface area contributed by atoms with Crippen LogP contribution in [0.4, 0.5) is 0 Å². The van der Waals surface area contributed by atoms with Crippen molar-refractivity contribution in [1.82, 2.24) is 0 Å². The Morgan fingerprint density at radius 3 is 2.64 bits per heavy atom. The molecular formula is C10H14O3S. The van der Waals surface area contributed by atoms with Gasteiger partial charge >= 0.3 is 0 Å². The average molecular weight is 214 g/mol. The Morgan fingerprint density at radius 1 is 1.36 bits per heavy atom. The summed E-state index contributed by atoms with van der Waals surface area (Å²) in [5, 5.41) is 0. The van der Waals surface area contributed by atoms with Crippen molar-refractivity contribution in [1.29, 1.82) is 0 Å². The summed E-state index contributed by atoms with van der Waals surface area (Å²) < 4.78 is 29.4. The lowest BCUT2D eigenvalue weighted by atomic mass is 10.1. The van der Waals surface area contributed by atoms with E-state index in [2.05, 4.69) is 0 Å². The monoisotopic (exact) mass is 214 g/mol. The minimum absolute atomic E-state index is 0.166. The Morgan fingerprint density at radius 2 is 2.07 bits per heavy atom. The molecule has 0 spiro atoms. The molecule has 0 aliphatic rings. The van der Waals surface area contributed by atoms with Crippen LogP contribution in [0.1, 0.15) is 17.5 Å². The van der Waals surface area contributed by atoms with E-state index < -0.39 is 10.1 Å². The molecule has 1 aromatic rings. The Kier molecular flexibility index (Phi) is 3.66. The number of hydrogen-bond acceptors (Lipinski definition) is 2. The largest absolute Gasteiger partial charge is 0.286 e. The first-order chi connectivity index (χ1) is 6.47. The quantitative estimate of drug-likeness (QED) is 0.778. The van der Waals surface area contributed by atoms with Crippen molar-refractivity contribution in [3.63, 3.8) is 0 Å². The SMILES string of the molecule is Cc1cccc(CCCS(=O)(=O)O)c1. The average Bonchev–Trinajstić information content (AvgIpc) is 2.01. The Hall–Kier alpha value is -0.870. The van der Waals surface area contributed by atoms with Crippen LogP contribution in [-0.2, 0) is 16.5 Å². The van der Waals surface area contributed by atoms with Crippen LogP contribution in [0.3, 0.4) is 0 Å². The van der Waals surface area contributed by atoms with Gasteiger partial charge in [0.15, 0.2) is 0 Å². The Bertz CT molecular complexity index is 396. The van der Waals surface area contributed by atoms with Gasteiger partial charge in [0.05, 0.1) is 5.75 Å². The summed E-state index contributed by atoms with van der Waals surface area (Å²) in [4.78, 5) is 0. The van der Waals surface area contributed by atoms with Crippen LogP contribution in [0, 0.1) is 6.92 Å². The normalized spacial score (nSPS) is 11.6. The fourth-order valence-corrected chi connectivity index (χ4v) is 1.84. The molecule has 0 radical (unpaired) electrons. The molecule has 0 unspecified atom stereocenters. The fourth-order valence-electron chi connectivity index (χ4n) is 1.33. The summed E-state index contributed by atoms with van der Waals surface area (Å²) in [5.41, 5.74) is 2.27. The zero-order valence-corrected chi connectivity index (χ0v) is 8.92. The van der Waals surface area contributed by atoms with E-state index in [0.29, 0.717) is 12.8 Å². The van der Waals surface area contributed by atoms with Gasteiger partial charge in [-0.3, -0.25) is 4.55 Å². The summed E-state index contributed by atoms with van der Waals surface area (Å²) in [6.45, 7) is 1.99. The minimum atomic E-state index is -3.80. The van der Waals surface area contributed by atoms with Crippen molar-refractivity contribution in [2.75, 3.05) is 5.75 Å². The van der Waals surface area contributed by atoms with Gasteiger partial charge in [0.1, 0.15) is 0 Å². The van der Waals surface area contributed by atoms with E-state index in [4.69, 9.17) is 4.55 Å². The molecule has 1 aromatic carbocycles. The second kappa shape index (κ2) is 4.57. The lowest BCUT2D eigenvalue weighted by Crippen LogP contribution is -2.04. The summed E-state index contributed by atoms with van der Waals surface area (Å²) >= 11 is 0. The van der Waals surface area contributed by atoms with Gasteiger partial charge in [-0.15, -0.1) is 0 Å². The van der Waals surface area contributed by atoms with E-state index >= 15 is 0 Å². The maximum Gasteiger partial charge on any atom is 0.264 e. The summed E-state index contributed by atoms with van der Waals surface area (Å²) in [6.07, 6.45) is 1.14. The fraction of sp³-hybridized carbons (Fsp3) is 0.400. The second-order valence-electron chi connectivity index (χ2n) is 3.38. The van der Waals surface area contributed by atoms with E-state index in [0.717, 1.165) is 11.1 Å². The van der Waals surface area contributed by atoms with Gasteiger partial charge in [0.2, 0.25) is 0 Å². The highest BCUT2D eigenvalue weighted by atomic mass is 32.2. The van der Waals surface area contributed by atoms with E-state index in [9.17, 15) is 8.42 Å². The van der Waals surface area contributed by atoms with Gasteiger partial charge in [-0.2, -0.15) is 8.42 Å². The maximum atomic E-state index is 10.4. The summed E-state index contributed by atoms with van der Waals surface area (Å²) in [5.74, 6) is -0.166. The van der Waals surface area contributed by atoms with Gasteiger partial charge in [-0.1, -0.05) is 29.8 Å². The molecule has 0 saturated carbocycles. The number of hydrogen-bond donors (Lipinski definition) is 1. The van der Waals surface area contributed by atoms with E-state index in [1.54, 1.807) is 0 Å². The van der Waals surface area contributed by atoms with Crippen LogP contribution in [0.15, 0.2) is 24.3 Å². The van der Waals surface area contributed by atoms with Crippen LogP contribution in [0.25, 0.3) is 0 Å². The molecule has 0 atom stereocenters. The molecule has 1 rings (SSSR count). The predicted molar refractivity (Wildman–Crippen MR) is 55.9 cm³/mol. The van der Waals surface area contributed by atoms with Crippen LogP contribution in [0.2, 0.25) is 0 Å². The lowest BCUT2D eigenvalue weighted by molar-refractivity contribution is 0.481. The van der Waals surface area contributed by atoms with Gasteiger partial charge < -0.3 is 0 Å². The summed E-state index contributed by atoms with van der Waals surface area (Å²) in [7, 11) is -3.80. The molecule has 0 fully saturated rings. The smallest absolute Gasteiger partial charge is 0.264 e. The lowest BCUT2D eigenvalue weighted by Gasteiger charge is -2.01. The highest BCUT2D eigenvalue weighted by Crippen LogP contribution is 2.06. The van der Waals surface area contributed by atoms with Gasteiger partial charge in [0, 0.05) is 0 Å². The topological polar surface area (TPSA) is 54.4 Å². The molecule has 0 bridgehead atoms. The van der Waals surface area contributed by atoms with Gasteiger partial charge in [-0.25, -0.2) is 0 Å². The van der Waals surface area contributed by atoms with Crippen molar-refractivity contribution in [3.8, 4) is 0 Å². The van der Waals surface area contributed by atoms with E-state index in [-0.39, 0.29) is 5.75 Å². The van der Waals surface area contributed by atoms with Crippen molar-refractivity contribution in [3.05, 3.63) is 35.4 Å². The van der Waals surface area contributed by atoms with Crippen molar-refractivity contribution in [2.24, 2.45) is 0 Å². The van der Waals surface area contributed by atoms with Crippen LogP contribution in [0.5, 0.6) is 0 Å². The third kappa shape index (κ3) is 4.39. The molecule has 78 valence electrons. The number of benzene rings is 1. The third-order valence-electron chi connectivity index (χ3n) is 1.95. The molecule has 4 heteroatoms. The molecule has 0 aliphatic carbocycles. The second-order valence-corrected chi connectivity index (χ2v) is 4.95. The molecule has 0 heterocycles. The molecule has 0 amide bonds. The highest BCUT2D eigenvalue weighted by Gasteiger charge is 2.03. The molecule has 1 N–H and O–H groups in total. The van der Waals surface area contributed by atoms with Crippen molar-refractivity contribution in [2.45, 2.75) is 19.8 Å². The zero-order valence-electron chi connectivity index (χ0n) is 8.10. The van der Waals surface area contributed by atoms with E-state index in [1.807, 2.05) is 31.2 Å².